The molecule has 0 aliphatic rings. The molecule has 0 spiro atoms. The molecular formula is C19H14ClFN4O. The van der Waals surface area contributed by atoms with Crippen LogP contribution in [-0.4, -0.2) is 16.8 Å². The van der Waals surface area contributed by atoms with Gasteiger partial charge in [0.2, 0.25) is 0 Å². The molecule has 0 bridgehead atoms. The molecule has 0 unspecified atom stereocenters. The average Bonchev–Trinajstić information content (AvgIpc) is 2.64. The van der Waals surface area contributed by atoms with Crippen LogP contribution in [0, 0.1) is 17.1 Å². The third kappa shape index (κ3) is 3.58. The first-order valence-corrected chi connectivity index (χ1v) is 8.11. The summed E-state index contributed by atoms with van der Waals surface area (Å²) in [6.45, 7) is 0.0795. The van der Waals surface area contributed by atoms with E-state index in [1.807, 2.05) is 0 Å². The van der Waals surface area contributed by atoms with Gasteiger partial charge >= 0.3 is 0 Å². The molecule has 5 nitrogen and oxygen atoms in total. The highest BCUT2D eigenvalue weighted by Gasteiger charge is 2.12. The maximum Gasteiger partial charge on any atom is 0.268 e. The molecule has 0 aliphatic heterocycles. The fourth-order valence-electron chi connectivity index (χ4n) is 2.56. The lowest BCUT2D eigenvalue weighted by molar-refractivity contribution is 0.572. The number of hydrogen-bond donors (Lipinski definition) is 0. The van der Waals surface area contributed by atoms with Crippen LogP contribution in [0.1, 0.15) is 5.56 Å². The van der Waals surface area contributed by atoms with Gasteiger partial charge in [0.25, 0.3) is 5.56 Å². The zero-order chi connectivity index (χ0) is 18.7. The molecule has 3 aromatic rings. The Labute approximate surface area is 154 Å². The van der Waals surface area contributed by atoms with Crippen molar-refractivity contribution >= 4 is 17.3 Å². The minimum atomic E-state index is -0.417. The lowest BCUT2D eigenvalue weighted by Crippen LogP contribution is -2.31. The molecule has 0 aliphatic carbocycles. The van der Waals surface area contributed by atoms with Crippen LogP contribution < -0.4 is 10.5 Å². The van der Waals surface area contributed by atoms with Crippen LogP contribution in [-0.2, 0) is 6.67 Å². The highest BCUT2D eigenvalue weighted by Crippen LogP contribution is 2.24. The van der Waals surface area contributed by atoms with Gasteiger partial charge in [0.1, 0.15) is 18.6 Å². The van der Waals surface area contributed by atoms with E-state index in [0.717, 1.165) is 0 Å². The van der Waals surface area contributed by atoms with Gasteiger partial charge in [-0.3, -0.25) is 4.79 Å². The molecule has 0 fully saturated rings. The first-order valence-electron chi connectivity index (χ1n) is 7.73. The van der Waals surface area contributed by atoms with Crippen molar-refractivity contribution < 1.29 is 4.39 Å². The first-order chi connectivity index (χ1) is 12.5. The molecule has 130 valence electrons. The van der Waals surface area contributed by atoms with Gasteiger partial charge in [-0.25, -0.2) is 9.07 Å². The van der Waals surface area contributed by atoms with E-state index in [-0.39, 0.29) is 12.2 Å². The predicted octanol–water partition coefficient (Wildman–Crippen LogP) is 3.67. The second kappa shape index (κ2) is 7.38. The molecule has 0 atom stereocenters. The van der Waals surface area contributed by atoms with Crippen LogP contribution in [0.5, 0.6) is 0 Å². The molecule has 26 heavy (non-hydrogen) atoms. The number of hydrogen-bond acceptors (Lipinski definition) is 4. The fraction of sp³-hybridized carbons (Fsp3) is 0.105. The zero-order valence-corrected chi connectivity index (χ0v) is 14.6. The summed E-state index contributed by atoms with van der Waals surface area (Å²) in [6.07, 6.45) is 0. The van der Waals surface area contributed by atoms with E-state index in [9.17, 15) is 14.4 Å². The Morgan fingerprint density at radius 1 is 1.23 bits per heavy atom. The number of anilines is 1. The second-order valence-corrected chi connectivity index (χ2v) is 6.09. The van der Waals surface area contributed by atoms with Gasteiger partial charge in [-0.1, -0.05) is 23.7 Å². The van der Waals surface area contributed by atoms with Gasteiger partial charge in [0, 0.05) is 23.7 Å². The van der Waals surface area contributed by atoms with E-state index >= 15 is 0 Å². The summed E-state index contributed by atoms with van der Waals surface area (Å²) >= 11 is 6.01. The molecule has 1 heterocycles. The predicted molar refractivity (Wildman–Crippen MR) is 98.5 cm³/mol. The summed E-state index contributed by atoms with van der Waals surface area (Å²) in [4.78, 5) is 13.8. The van der Waals surface area contributed by atoms with Crippen molar-refractivity contribution in [3.8, 4) is 17.3 Å². The largest absolute Gasteiger partial charge is 0.354 e. The van der Waals surface area contributed by atoms with Crippen molar-refractivity contribution in [2.24, 2.45) is 0 Å². The molecular weight excluding hydrogens is 355 g/mol. The molecule has 0 N–H and O–H groups in total. The van der Waals surface area contributed by atoms with Crippen LogP contribution >= 0.6 is 11.6 Å². The van der Waals surface area contributed by atoms with E-state index < -0.39 is 5.82 Å². The number of halogens is 2. The lowest BCUT2D eigenvalue weighted by Gasteiger charge is -2.21. The number of benzene rings is 2. The first kappa shape index (κ1) is 17.6. The summed E-state index contributed by atoms with van der Waals surface area (Å²) in [5.41, 5.74) is 1.32. The van der Waals surface area contributed by atoms with E-state index in [1.54, 1.807) is 48.3 Å². The van der Waals surface area contributed by atoms with E-state index in [0.29, 0.717) is 27.5 Å². The zero-order valence-electron chi connectivity index (χ0n) is 13.9. The molecule has 3 rings (SSSR count). The van der Waals surface area contributed by atoms with E-state index in [4.69, 9.17) is 11.6 Å². The average molecular weight is 369 g/mol. The van der Waals surface area contributed by atoms with Crippen molar-refractivity contribution in [1.29, 1.82) is 5.26 Å². The van der Waals surface area contributed by atoms with Crippen LogP contribution in [0.2, 0.25) is 5.02 Å². The summed E-state index contributed by atoms with van der Waals surface area (Å²) in [5, 5.41) is 14.0. The quantitative estimate of drug-likeness (QED) is 0.705. The molecule has 1 aromatic heterocycles. The molecule has 2 aromatic carbocycles. The topological polar surface area (TPSA) is 61.9 Å². The molecule has 0 amide bonds. The van der Waals surface area contributed by atoms with Gasteiger partial charge in [-0.05, 0) is 36.4 Å². The number of nitriles is 1. The van der Waals surface area contributed by atoms with Crippen LogP contribution in [0.3, 0.4) is 0 Å². The van der Waals surface area contributed by atoms with Gasteiger partial charge in [-0.15, -0.1) is 0 Å². The summed E-state index contributed by atoms with van der Waals surface area (Å²) in [5.74, 6) is -0.417. The Hall–Kier alpha value is -3.17. The van der Waals surface area contributed by atoms with Crippen LogP contribution in [0.4, 0.5) is 10.1 Å². The SMILES string of the molecule is CN(Cn1nc(-c2ccccc2F)ccc1=O)c1cc(Cl)ccc1C#N. The Morgan fingerprint density at radius 2 is 2.00 bits per heavy atom. The third-order valence-electron chi connectivity index (χ3n) is 3.85. The summed E-state index contributed by atoms with van der Waals surface area (Å²) < 4.78 is 15.2. The van der Waals surface area contributed by atoms with Crippen LogP contribution in [0.25, 0.3) is 11.3 Å². The molecule has 0 saturated carbocycles. The van der Waals surface area contributed by atoms with Gasteiger partial charge < -0.3 is 4.90 Å². The maximum absolute atomic E-state index is 14.0. The monoisotopic (exact) mass is 368 g/mol. The molecule has 0 radical (unpaired) electrons. The Morgan fingerprint density at radius 3 is 2.73 bits per heavy atom. The molecule has 0 saturated heterocycles. The molecule has 7 heteroatoms. The normalized spacial score (nSPS) is 10.4. The van der Waals surface area contributed by atoms with Crippen molar-refractivity contribution in [1.82, 2.24) is 9.78 Å². The number of nitrogens with zero attached hydrogens (tertiary/aromatic N) is 4. The van der Waals surface area contributed by atoms with Crippen molar-refractivity contribution in [2.45, 2.75) is 6.67 Å². The van der Waals surface area contributed by atoms with Crippen molar-refractivity contribution in [2.75, 3.05) is 11.9 Å². The maximum atomic E-state index is 14.0. The summed E-state index contributed by atoms with van der Waals surface area (Å²) in [7, 11) is 1.72. The van der Waals surface area contributed by atoms with Gasteiger partial charge in [0.05, 0.1) is 16.9 Å². The Bertz CT molecular complexity index is 1060. The van der Waals surface area contributed by atoms with E-state index in [2.05, 4.69) is 11.2 Å². The second-order valence-electron chi connectivity index (χ2n) is 5.65. The smallest absolute Gasteiger partial charge is 0.268 e. The standard InChI is InChI=1S/C19H14ClFN4O/c1-24(18-10-14(20)7-6-13(18)11-22)12-25-19(26)9-8-17(23-25)15-4-2-3-5-16(15)21/h2-10H,12H2,1H3. The van der Waals surface area contributed by atoms with E-state index in [1.165, 1.54) is 22.9 Å². The van der Waals surface area contributed by atoms with Gasteiger partial charge in [-0.2, -0.15) is 10.4 Å². The highest BCUT2D eigenvalue weighted by atomic mass is 35.5. The number of rotatable bonds is 4. The summed E-state index contributed by atoms with van der Waals surface area (Å²) in [6, 6.07) is 16.0. The minimum absolute atomic E-state index is 0.0795. The highest BCUT2D eigenvalue weighted by molar-refractivity contribution is 6.30. The minimum Gasteiger partial charge on any atom is -0.354 e. The van der Waals surface area contributed by atoms with Gasteiger partial charge in [0.15, 0.2) is 0 Å². The third-order valence-corrected chi connectivity index (χ3v) is 4.09. The van der Waals surface area contributed by atoms with Crippen molar-refractivity contribution in [3.63, 3.8) is 0 Å². The Balaban J connectivity index is 1.97. The van der Waals surface area contributed by atoms with Crippen LogP contribution in [0.15, 0.2) is 59.4 Å². The number of aromatic nitrogens is 2. The Kier molecular flexibility index (Phi) is 5.01. The van der Waals surface area contributed by atoms with Crippen molar-refractivity contribution in [3.05, 3.63) is 81.4 Å². The lowest BCUT2D eigenvalue weighted by atomic mass is 10.1. The fourth-order valence-corrected chi connectivity index (χ4v) is 2.72.